The van der Waals surface area contributed by atoms with E-state index >= 15 is 0 Å². The maximum Gasteiger partial charge on any atom is 0.255 e. The minimum Gasteiger partial charge on any atom is -0.440 e. The molecule has 1 saturated carbocycles. The van der Waals surface area contributed by atoms with E-state index < -0.39 is 0 Å². The molecule has 2 rings (SSSR count). The third-order valence-electron chi connectivity index (χ3n) is 2.40. The van der Waals surface area contributed by atoms with E-state index in [1.807, 2.05) is 6.92 Å². The Labute approximate surface area is 95.0 Å². The van der Waals surface area contributed by atoms with Crippen molar-refractivity contribution in [2.24, 2.45) is 0 Å². The molecule has 1 aromatic heterocycles. The molecule has 0 unspecified atom stereocenters. The van der Waals surface area contributed by atoms with E-state index in [0.29, 0.717) is 0 Å². The minimum atomic E-state index is 0.808. The van der Waals surface area contributed by atoms with Gasteiger partial charge in [-0.2, -0.15) is 0 Å². The van der Waals surface area contributed by atoms with Crippen LogP contribution in [0.5, 0.6) is 0 Å². The third kappa shape index (κ3) is 4.26. The van der Waals surface area contributed by atoms with Crippen molar-refractivity contribution in [3.8, 4) is 0 Å². The van der Waals surface area contributed by atoms with Gasteiger partial charge in [0, 0.05) is 11.8 Å². The molecule has 1 heterocycles. The summed E-state index contributed by atoms with van der Waals surface area (Å²) < 4.78 is 5.26. The minimum absolute atomic E-state index is 0.808. The summed E-state index contributed by atoms with van der Waals surface area (Å²) in [5, 5.41) is 4.32. The molecule has 0 spiro atoms. The molecule has 84 valence electrons. The van der Waals surface area contributed by atoms with Gasteiger partial charge in [-0.3, -0.25) is 0 Å². The van der Waals surface area contributed by atoms with Gasteiger partial charge in [-0.05, 0) is 39.2 Å². The van der Waals surface area contributed by atoms with Crippen LogP contribution in [-0.2, 0) is 0 Å². The van der Waals surface area contributed by atoms with E-state index in [2.05, 4.69) is 10.3 Å². The Morgan fingerprint density at radius 1 is 1.53 bits per heavy atom. The normalized spacial score (nSPS) is 15.8. The average Bonchev–Trinajstić information content (AvgIpc) is 2.95. The van der Waals surface area contributed by atoms with E-state index in [-0.39, 0.29) is 0 Å². The Bertz CT molecular complexity index is 297. The topological polar surface area (TPSA) is 38.1 Å². The number of thioether (sulfide) groups is 1. The molecule has 4 heteroatoms. The van der Waals surface area contributed by atoms with Crippen LogP contribution in [0.25, 0.3) is 0 Å². The van der Waals surface area contributed by atoms with Crippen molar-refractivity contribution in [3.63, 3.8) is 0 Å². The molecule has 1 aliphatic rings. The Kier molecular flexibility index (Phi) is 4.09. The van der Waals surface area contributed by atoms with E-state index in [0.717, 1.165) is 29.3 Å². The summed E-state index contributed by atoms with van der Waals surface area (Å²) in [4.78, 5) is 4.25. The fourth-order valence-electron chi connectivity index (χ4n) is 1.38. The van der Waals surface area contributed by atoms with Crippen LogP contribution in [0, 0.1) is 6.92 Å². The quantitative estimate of drug-likeness (QED) is 0.573. The lowest BCUT2D eigenvalue weighted by atomic mass is 10.3. The zero-order chi connectivity index (χ0) is 10.5. The van der Waals surface area contributed by atoms with E-state index in [9.17, 15) is 0 Å². The van der Waals surface area contributed by atoms with Crippen molar-refractivity contribution in [1.82, 2.24) is 10.3 Å². The summed E-state index contributed by atoms with van der Waals surface area (Å²) in [7, 11) is 0. The van der Waals surface area contributed by atoms with E-state index in [1.54, 1.807) is 18.0 Å². The van der Waals surface area contributed by atoms with Crippen LogP contribution in [-0.4, -0.2) is 23.3 Å². The van der Waals surface area contributed by atoms with Gasteiger partial charge in [-0.1, -0.05) is 11.8 Å². The SMILES string of the molecule is Cc1coc(SCCCCNC2CC2)n1. The number of rotatable bonds is 7. The van der Waals surface area contributed by atoms with Gasteiger partial charge in [0.25, 0.3) is 5.22 Å². The van der Waals surface area contributed by atoms with Crippen molar-refractivity contribution in [2.45, 2.75) is 43.9 Å². The third-order valence-corrected chi connectivity index (χ3v) is 3.33. The van der Waals surface area contributed by atoms with Gasteiger partial charge in [0.05, 0.1) is 5.69 Å². The maximum absolute atomic E-state index is 5.26. The molecule has 0 saturated heterocycles. The molecule has 0 radical (unpaired) electrons. The number of nitrogens with one attached hydrogen (secondary N) is 1. The van der Waals surface area contributed by atoms with Crippen LogP contribution in [0.3, 0.4) is 0 Å². The van der Waals surface area contributed by atoms with Gasteiger partial charge in [-0.15, -0.1) is 0 Å². The summed E-state index contributed by atoms with van der Waals surface area (Å²) >= 11 is 1.71. The summed E-state index contributed by atoms with van der Waals surface area (Å²) in [5.74, 6) is 1.10. The predicted molar refractivity (Wildman–Crippen MR) is 62.2 cm³/mol. The molecule has 15 heavy (non-hydrogen) atoms. The van der Waals surface area contributed by atoms with Crippen molar-refractivity contribution in [1.29, 1.82) is 0 Å². The van der Waals surface area contributed by atoms with Crippen LogP contribution >= 0.6 is 11.8 Å². The van der Waals surface area contributed by atoms with Crippen LogP contribution in [0.2, 0.25) is 0 Å². The summed E-state index contributed by atoms with van der Waals surface area (Å²) in [6, 6.07) is 0.840. The Morgan fingerprint density at radius 2 is 2.40 bits per heavy atom. The lowest BCUT2D eigenvalue weighted by molar-refractivity contribution is 0.454. The van der Waals surface area contributed by atoms with Crippen molar-refractivity contribution in [2.75, 3.05) is 12.3 Å². The van der Waals surface area contributed by atoms with E-state index in [4.69, 9.17) is 4.42 Å². The number of aromatic nitrogens is 1. The second-order valence-electron chi connectivity index (χ2n) is 4.04. The predicted octanol–water partition coefficient (Wildman–Crippen LogP) is 2.61. The molecule has 3 nitrogen and oxygen atoms in total. The number of oxazole rings is 1. The molecule has 0 aliphatic heterocycles. The highest BCUT2D eigenvalue weighted by atomic mass is 32.2. The molecule has 1 aliphatic carbocycles. The molecule has 0 aromatic carbocycles. The molecule has 1 N–H and O–H groups in total. The van der Waals surface area contributed by atoms with Gasteiger partial charge >= 0.3 is 0 Å². The highest BCUT2D eigenvalue weighted by Gasteiger charge is 2.19. The van der Waals surface area contributed by atoms with Crippen molar-refractivity contribution in [3.05, 3.63) is 12.0 Å². The fourth-order valence-corrected chi connectivity index (χ4v) is 2.23. The Balaban J connectivity index is 1.47. The fraction of sp³-hybridized carbons (Fsp3) is 0.727. The number of nitrogens with zero attached hydrogens (tertiary/aromatic N) is 1. The van der Waals surface area contributed by atoms with Gasteiger partial charge in [0.2, 0.25) is 0 Å². The summed E-state index contributed by atoms with van der Waals surface area (Å²) in [5.41, 5.74) is 0.966. The monoisotopic (exact) mass is 226 g/mol. The molecule has 0 atom stereocenters. The van der Waals surface area contributed by atoms with E-state index in [1.165, 1.54) is 25.7 Å². The zero-order valence-corrected chi connectivity index (χ0v) is 9.98. The Hall–Kier alpha value is -0.480. The highest BCUT2D eigenvalue weighted by Crippen LogP contribution is 2.19. The van der Waals surface area contributed by atoms with Gasteiger partial charge in [0.15, 0.2) is 0 Å². The first-order chi connectivity index (χ1) is 7.34. The second kappa shape index (κ2) is 5.56. The largest absolute Gasteiger partial charge is 0.440 e. The molecule has 0 amide bonds. The van der Waals surface area contributed by atoms with Crippen LogP contribution < -0.4 is 5.32 Å². The smallest absolute Gasteiger partial charge is 0.255 e. The number of hydrogen-bond acceptors (Lipinski definition) is 4. The molecular weight excluding hydrogens is 208 g/mol. The lowest BCUT2D eigenvalue weighted by Crippen LogP contribution is -2.17. The van der Waals surface area contributed by atoms with Crippen molar-refractivity contribution < 1.29 is 4.42 Å². The van der Waals surface area contributed by atoms with Gasteiger partial charge in [-0.25, -0.2) is 4.98 Å². The van der Waals surface area contributed by atoms with Crippen LogP contribution in [0.4, 0.5) is 0 Å². The number of aryl methyl sites for hydroxylation is 1. The van der Waals surface area contributed by atoms with Gasteiger partial charge in [0.1, 0.15) is 6.26 Å². The first-order valence-corrected chi connectivity index (χ1v) is 6.61. The standard InChI is InChI=1S/C11H18N2OS/c1-9-8-14-11(13-9)15-7-3-2-6-12-10-4-5-10/h8,10,12H,2-7H2,1H3. The second-order valence-corrected chi connectivity index (χ2v) is 5.08. The Morgan fingerprint density at radius 3 is 3.07 bits per heavy atom. The lowest BCUT2D eigenvalue weighted by Gasteiger charge is -2.00. The molecule has 1 aromatic rings. The number of hydrogen-bond donors (Lipinski definition) is 1. The van der Waals surface area contributed by atoms with Gasteiger partial charge < -0.3 is 9.73 Å². The average molecular weight is 226 g/mol. The highest BCUT2D eigenvalue weighted by molar-refractivity contribution is 7.99. The van der Waals surface area contributed by atoms with Crippen LogP contribution in [0.1, 0.15) is 31.4 Å². The first-order valence-electron chi connectivity index (χ1n) is 5.63. The molecule has 0 bridgehead atoms. The first kappa shape index (κ1) is 11.0. The van der Waals surface area contributed by atoms with Crippen molar-refractivity contribution >= 4 is 11.8 Å². The van der Waals surface area contributed by atoms with Crippen LogP contribution in [0.15, 0.2) is 15.9 Å². The summed E-state index contributed by atoms with van der Waals surface area (Å²) in [6.45, 7) is 3.11. The molecule has 1 fully saturated rings. The maximum atomic E-state index is 5.26. The number of unbranched alkanes of at least 4 members (excludes halogenated alkanes) is 1. The molecular formula is C11H18N2OS. The zero-order valence-electron chi connectivity index (χ0n) is 9.16. The summed E-state index contributed by atoms with van der Waals surface area (Å²) in [6.07, 6.45) is 6.95.